The van der Waals surface area contributed by atoms with E-state index in [1.165, 1.54) is 54.7 Å². The number of methoxy groups -OCH3 is 1. The number of fused-ring (bicyclic) bond motifs is 1. The Hall–Kier alpha value is -2.69. The van der Waals surface area contributed by atoms with Gasteiger partial charge in [0.1, 0.15) is 18.1 Å². The average molecular weight is 493 g/mol. The predicted molar refractivity (Wildman–Crippen MR) is 146 cm³/mol. The van der Waals surface area contributed by atoms with Crippen molar-refractivity contribution in [3.63, 3.8) is 0 Å². The summed E-state index contributed by atoms with van der Waals surface area (Å²) in [7, 11) is 1.74. The maximum absolute atomic E-state index is 6.06. The van der Waals surface area contributed by atoms with Gasteiger partial charge in [-0.25, -0.2) is 0 Å². The van der Waals surface area contributed by atoms with Crippen LogP contribution in [-0.2, 0) is 13.0 Å². The molecule has 2 aliphatic rings. The summed E-state index contributed by atoms with van der Waals surface area (Å²) >= 11 is 0. The molecule has 2 aliphatic heterocycles. The summed E-state index contributed by atoms with van der Waals surface area (Å²) in [6.45, 7) is 5.08. The van der Waals surface area contributed by atoms with Gasteiger partial charge in [0.15, 0.2) is 0 Å². The van der Waals surface area contributed by atoms with Crippen molar-refractivity contribution >= 4 is 18.1 Å². The highest BCUT2D eigenvalue weighted by Gasteiger charge is 2.28. The summed E-state index contributed by atoms with van der Waals surface area (Å²) in [4.78, 5) is 5.07. The van der Waals surface area contributed by atoms with Crippen LogP contribution in [0.1, 0.15) is 48.4 Å². The first-order chi connectivity index (χ1) is 16.8. The molecule has 0 bridgehead atoms. The summed E-state index contributed by atoms with van der Waals surface area (Å²) in [6, 6.07) is 26.5. The first-order valence-electron chi connectivity index (χ1n) is 12.7. The zero-order valence-corrected chi connectivity index (χ0v) is 21.5. The number of rotatable bonds is 8. The molecule has 3 aromatic carbocycles. The Balaban J connectivity index is 0.00000289. The van der Waals surface area contributed by atoms with E-state index in [0.29, 0.717) is 6.04 Å². The molecule has 35 heavy (non-hydrogen) atoms. The molecule has 0 N–H and O–H groups in total. The number of benzene rings is 3. The third-order valence-corrected chi connectivity index (χ3v) is 7.24. The van der Waals surface area contributed by atoms with Gasteiger partial charge < -0.3 is 14.4 Å². The van der Waals surface area contributed by atoms with Crippen molar-refractivity contribution in [1.82, 2.24) is 4.90 Å². The van der Waals surface area contributed by atoms with Crippen LogP contribution >= 0.6 is 12.4 Å². The Morgan fingerprint density at radius 2 is 1.60 bits per heavy atom. The Labute approximate surface area is 216 Å². The zero-order chi connectivity index (χ0) is 23.2. The lowest BCUT2D eigenvalue weighted by atomic mass is 9.90. The highest BCUT2D eigenvalue weighted by molar-refractivity contribution is 5.85. The molecule has 5 rings (SSSR count). The molecule has 1 atom stereocenters. The first kappa shape index (κ1) is 25.4. The lowest BCUT2D eigenvalue weighted by Gasteiger charge is -2.39. The summed E-state index contributed by atoms with van der Waals surface area (Å²) in [5.41, 5.74) is 5.35. The Bertz CT molecular complexity index is 1050. The number of nitrogens with zero attached hydrogens (tertiary/aromatic N) is 2. The van der Waals surface area contributed by atoms with E-state index in [4.69, 9.17) is 9.47 Å². The van der Waals surface area contributed by atoms with Gasteiger partial charge in [0.2, 0.25) is 0 Å². The smallest absolute Gasteiger partial charge is 0.119 e. The van der Waals surface area contributed by atoms with Crippen molar-refractivity contribution in [2.75, 3.05) is 38.3 Å². The van der Waals surface area contributed by atoms with Gasteiger partial charge in [-0.2, -0.15) is 0 Å². The minimum atomic E-state index is 0. The first-order valence-corrected chi connectivity index (χ1v) is 12.7. The topological polar surface area (TPSA) is 24.9 Å². The fourth-order valence-corrected chi connectivity index (χ4v) is 5.37. The highest BCUT2D eigenvalue weighted by Crippen LogP contribution is 2.41. The minimum absolute atomic E-state index is 0. The van der Waals surface area contributed by atoms with E-state index in [9.17, 15) is 0 Å². The molecule has 1 saturated heterocycles. The predicted octanol–water partition coefficient (Wildman–Crippen LogP) is 6.68. The molecule has 0 spiro atoms. The van der Waals surface area contributed by atoms with E-state index in [2.05, 4.69) is 82.6 Å². The fourth-order valence-electron chi connectivity index (χ4n) is 5.37. The van der Waals surface area contributed by atoms with Gasteiger partial charge in [-0.15, -0.1) is 12.4 Å². The molecule has 0 aliphatic carbocycles. The van der Waals surface area contributed by atoms with Crippen molar-refractivity contribution in [1.29, 1.82) is 0 Å². The van der Waals surface area contributed by atoms with E-state index in [0.717, 1.165) is 44.0 Å². The summed E-state index contributed by atoms with van der Waals surface area (Å²) in [5.74, 6) is 1.90. The minimum Gasteiger partial charge on any atom is -0.497 e. The van der Waals surface area contributed by atoms with Crippen LogP contribution in [0.15, 0.2) is 72.8 Å². The van der Waals surface area contributed by atoms with Crippen LogP contribution in [0, 0.1) is 0 Å². The molecule has 5 heteroatoms. The second kappa shape index (κ2) is 12.3. The van der Waals surface area contributed by atoms with Crippen molar-refractivity contribution in [2.45, 2.75) is 44.7 Å². The number of halogens is 1. The van der Waals surface area contributed by atoms with E-state index < -0.39 is 0 Å². The average Bonchev–Trinajstić information content (AvgIpc) is 2.90. The number of anilines is 1. The van der Waals surface area contributed by atoms with Gasteiger partial charge in [0.05, 0.1) is 13.2 Å². The van der Waals surface area contributed by atoms with Gasteiger partial charge in [0.25, 0.3) is 0 Å². The lowest BCUT2D eigenvalue weighted by molar-refractivity contribution is 0.183. The largest absolute Gasteiger partial charge is 0.497 e. The van der Waals surface area contributed by atoms with Gasteiger partial charge in [-0.05, 0) is 85.8 Å². The molecule has 4 nitrogen and oxygen atoms in total. The van der Waals surface area contributed by atoms with Crippen LogP contribution in [0.3, 0.4) is 0 Å². The molecule has 1 fully saturated rings. The molecule has 3 aromatic rings. The molecular weight excluding hydrogens is 456 g/mol. The number of hydrogen-bond acceptors (Lipinski definition) is 4. The molecule has 186 valence electrons. The maximum atomic E-state index is 6.06. The summed E-state index contributed by atoms with van der Waals surface area (Å²) in [6.07, 6.45) is 6.18. The van der Waals surface area contributed by atoms with Crippen molar-refractivity contribution in [3.8, 4) is 11.5 Å². The molecular formula is C30H37ClN2O2. The normalized spacial score (nSPS) is 17.9. The quantitative estimate of drug-likeness (QED) is 0.350. The van der Waals surface area contributed by atoms with Crippen LogP contribution in [-0.4, -0.2) is 38.3 Å². The van der Waals surface area contributed by atoms with Crippen molar-refractivity contribution in [3.05, 3.63) is 89.5 Å². The van der Waals surface area contributed by atoms with E-state index in [1.807, 2.05) is 0 Å². The van der Waals surface area contributed by atoms with Crippen molar-refractivity contribution < 1.29 is 9.47 Å². The van der Waals surface area contributed by atoms with Crippen LogP contribution in [0.5, 0.6) is 11.5 Å². The molecule has 0 saturated carbocycles. The van der Waals surface area contributed by atoms with Gasteiger partial charge in [-0.1, -0.05) is 48.9 Å². The Morgan fingerprint density at radius 1 is 0.857 bits per heavy atom. The molecule has 1 unspecified atom stereocenters. The van der Waals surface area contributed by atoms with Crippen molar-refractivity contribution in [2.24, 2.45) is 0 Å². The molecule has 0 amide bonds. The number of piperidine rings is 1. The number of likely N-dealkylation sites (tertiary alicyclic amines) is 1. The number of hydrogen-bond donors (Lipinski definition) is 0. The highest BCUT2D eigenvalue weighted by atomic mass is 35.5. The van der Waals surface area contributed by atoms with Gasteiger partial charge >= 0.3 is 0 Å². The van der Waals surface area contributed by atoms with Crippen LogP contribution in [0.25, 0.3) is 0 Å². The Kier molecular flexibility index (Phi) is 8.95. The van der Waals surface area contributed by atoms with E-state index in [1.54, 1.807) is 7.11 Å². The monoisotopic (exact) mass is 492 g/mol. The van der Waals surface area contributed by atoms with Crippen LogP contribution in [0.4, 0.5) is 5.69 Å². The fraction of sp³-hybridized carbons (Fsp3) is 0.400. The van der Waals surface area contributed by atoms with Crippen LogP contribution in [0.2, 0.25) is 0 Å². The third kappa shape index (κ3) is 6.31. The SMILES string of the molecule is COc1ccc2c(c1)CCC(c1ccccc1)N2Cc1ccc(OCCN2CCCCC2)cc1.Cl. The third-order valence-electron chi connectivity index (χ3n) is 7.24. The molecule has 0 aromatic heterocycles. The van der Waals surface area contributed by atoms with Crippen LogP contribution < -0.4 is 14.4 Å². The van der Waals surface area contributed by atoms with Gasteiger partial charge in [-0.3, -0.25) is 4.90 Å². The zero-order valence-electron chi connectivity index (χ0n) is 20.7. The number of ether oxygens (including phenoxy) is 2. The maximum Gasteiger partial charge on any atom is 0.119 e. The standard InChI is InChI=1S/C30H36N2O2.ClH/c1-33-28-15-17-30-26(22-28)12-16-29(25-8-4-2-5-9-25)32(30)23-24-10-13-27(14-11-24)34-21-20-31-18-6-3-7-19-31;/h2,4-5,8-11,13-15,17,22,29H,3,6-7,12,16,18-21,23H2,1H3;1H. The summed E-state index contributed by atoms with van der Waals surface area (Å²) < 4.78 is 11.6. The summed E-state index contributed by atoms with van der Waals surface area (Å²) in [5, 5.41) is 0. The molecule has 0 radical (unpaired) electrons. The Morgan fingerprint density at radius 3 is 2.34 bits per heavy atom. The second-order valence-electron chi connectivity index (χ2n) is 9.48. The molecule has 2 heterocycles. The van der Waals surface area contributed by atoms with E-state index >= 15 is 0 Å². The van der Waals surface area contributed by atoms with E-state index in [-0.39, 0.29) is 12.4 Å². The number of aryl methyl sites for hydroxylation is 1. The van der Waals surface area contributed by atoms with Gasteiger partial charge in [0, 0.05) is 18.8 Å². The lowest BCUT2D eigenvalue weighted by Crippen LogP contribution is -2.33. The second-order valence-corrected chi connectivity index (χ2v) is 9.48.